The molecule has 1 heterocycles. The van der Waals surface area contributed by atoms with Crippen LogP contribution >= 0.6 is 0 Å². The highest BCUT2D eigenvalue weighted by Gasteiger charge is 2.13. The second kappa shape index (κ2) is 8.99. The van der Waals surface area contributed by atoms with Crippen molar-refractivity contribution in [1.29, 1.82) is 0 Å². The average Bonchev–Trinajstić information content (AvgIpc) is 3.16. The van der Waals surface area contributed by atoms with Crippen LogP contribution in [0.3, 0.4) is 0 Å². The van der Waals surface area contributed by atoms with Gasteiger partial charge in [-0.05, 0) is 46.9 Å². The van der Waals surface area contributed by atoms with E-state index in [0.717, 1.165) is 22.6 Å². The average molecular weight is 405 g/mol. The minimum atomic E-state index is -0.0874. The van der Waals surface area contributed by atoms with Crippen LogP contribution in [0.15, 0.2) is 60.9 Å². The highest BCUT2D eigenvalue weighted by atomic mass is 16.5. The van der Waals surface area contributed by atoms with Crippen LogP contribution in [-0.4, -0.2) is 22.7 Å². The molecule has 0 atom stereocenters. The zero-order valence-electron chi connectivity index (χ0n) is 18.2. The predicted molar refractivity (Wildman–Crippen MR) is 119 cm³/mol. The van der Waals surface area contributed by atoms with E-state index in [2.05, 4.69) is 38.0 Å². The largest absolute Gasteiger partial charge is 0.496 e. The molecule has 0 aliphatic heterocycles. The number of ketones is 1. The summed E-state index contributed by atoms with van der Waals surface area (Å²) in [7, 11) is 3.42. The van der Waals surface area contributed by atoms with Crippen molar-refractivity contribution in [3.8, 4) is 11.5 Å². The summed E-state index contributed by atoms with van der Waals surface area (Å²) in [6.45, 7) is 6.93. The molecule has 0 radical (unpaired) electrons. The van der Waals surface area contributed by atoms with Gasteiger partial charge in [-0.1, -0.05) is 45.0 Å². The number of hydrogen-bond donors (Lipinski definition) is 0. The van der Waals surface area contributed by atoms with Gasteiger partial charge in [0, 0.05) is 18.8 Å². The topological polar surface area (TPSA) is 53.3 Å². The molecule has 3 rings (SSSR count). The molecule has 1 aromatic heterocycles. The fourth-order valence-corrected chi connectivity index (χ4v) is 3.04. The van der Waals surface area contributed by atoms with Crippen LogP contribution in [0, 0.1) is 0 Å². The summed E-state index contributed by atoms with van der Waals surface area (Å²) in [5, 5.41) is 4.03. The standard InChI is InChI=1S/C25H28N2O3/c1-25(2,3)21-8-10-22(11-9-21)30-17-19-14-18(7-13-24(19)29-5)6-12-23(28)20-15-26-27(4)16-20/h6-16H,17H2,1-5H3/b12-6+. The van der Waals surface area contributed by atoms with Crippen molar-refractivity contribution in [2.45, 2.75) is 32.8 Å². The van der Waals surface area contributed by atoms with Gasteiger partial charge in [0.15, 0.2) is 5.78 Å². The Hall–Kier alpha value is -3.34. The Kier molecular flexibility index (Phi) is 6.40. The van der Waals surface area contributed by atoms with Gasteiger partial charge in [-0.25, -0.2) is 0 Å². The van der Waals surface area contributed by atoms with E-state index in [9.17, 15) is 4.79 Å². The van der Waals surface area contributed by atoms with Gasteiger partial charge in [0.2, 0.25) is 0 Å². The van der Waals surface area contributed by atoms with Crippen molar-refractivity contribution in [3.05, 3.63) is 83.2 Å². The van der Waals surface area contributed by atoms with Gasteiger partial charge in [0.25, 0.3) is 0 Å². The number of hydrogen-bond acceptors (Lipinski definition) is 4. The maximum atomic E-state index is 12.3. The van der Waals surface area contributed by atoms with Crippen LogP contribution in [0.5, 0.6) is 11.5 Å². The second-order valence-electron chi connectivity index (χ2n) is 8.23. The molecule has 0 spiro atoms. The molecular formula is C25H28N2O3. The summed E-state index contributed by atoms with van der Waals surface area (Å²) in [6, 6.07) is 13.9. The van der Waals surface area contributed by atoms with Crippen molar-refractivity contribution in [2.24, 2.45) is 7.05 Å². The first-order valence-corrected chi connectivity index (χ1v) is 9.87. The lowest BCUT2D eigenvalue weighted by molar-refractivity contribution is 0.104. The number of nitrogens with zero attached hydrogens (tertiary/aromatic N) is 2. The molecule has 0 unspecified atom stereocenters. The lowest BCUT2D eigenvalue weighted by Crippen LogP contribution is -2.10. The number of methoxy groups -OCH3 is 1. The first-order chi connectivity index (χ1) is 14.3. The molecule has 3 aromatic rings. The van der Waals surface area contributed by atoms with Gasteiger partial charge >= 0.3 is 0 Å². The Morgan fingerprint density at radius 3 is 2.47 bits per heavy atom. The van der Waals surface area contributed by atoms with E-state index in [1.165, 1.54) is 5.56 Å². The quantitative estimate of drug-likeness (QED) is 0.401. The maximum Gasteiger partial charge on any atom is 0.189 e. The first kappa shape index (κ1) is 21.4. The first-order valence-electron chi connectivity index (χ1n) is 9.87. The second-order valence-corrected chi connectivity index (χ2v) is 8.23. The monoisotopic (exact) mass is 404 g/mol. The zero-order valence-corrected chi connectivity index (χ0v) is 18.2. The Labute approximate surface area is 178 Å². The van der Waals surface area contributed by atoms with Gasteiger partial charge in [-0.15, -0.1) is 0 Å². The minimum Gasteiger partial charge on any atom is -0.496 e. The molecule has 5 nitrogen and oxygen atoms in total. The Morgan fingerprint density at radius 2 is 1.87 bits per heavy atom. The van der Waals surface area contributed by atoms with Gasteiger partial charge in [0.05, 0.1) is 18.9 Å². The van der Waals surface area contributed by atoms with Crippen LogP contribution in [0.4, 0.5) is 0 Å². The molecule has 0 bridgehead atoms. The molecule has 0 aliphatic rings. The van der Waals surface area contributed by atoms with E-state index in [0.29, 0.717) is 12.2 Å². The van der Waals surface area contributed by atoms with Crippen LogP contribution in [-0.2, 0) is 19.1 Å². The molecule has 0 saturated heterocycles. The molecule has 30 heavy (non-hydrogen) atoms. The van der Waals surface area contributed by atoms with Crippen LogP contribution in [0.1, 0.15) is 47.8 Å². The van der Waals surface area contributed by atoms with E-state index < -0.39 is 0 Å². The highest BCUT2D eigenvalue weighted by molar-refractivity contribution is 6.06. The van der Waals surface area contributed by atoms with Gasteiger partial charge in [0.1, 0.15) is 18.1 Å². The molecule has 0 saturated carbocycles. The molecule has 2 aromatic carbocycles. The summed E-state index contributed by atoms with van der Waals surface area (Å²) in [5.74, 6) is 1.46. The number of ether oxygens (including phenoxy) is 2. The van der Waals surface area contributed by atoms with E-state index >= 15 is 0 Å². The Bertz CT molecular complexity index is 1040. The zero-order chi connectivity index (χ0) is 21.7. The summed E-state index contributed by atoms with van der Waals surface area (Å²) in [6.07, 6.45) is 6.60. The summed E-state index contributed by atoms with van der Waals surface area (Å²) >= 11 is 0. The third kappa shape index (κ3) is 5.38. The molecule has 0 aliphatic carbocycles. The van der Waals surface area contributed by atoms with E-state index in [1.54, 1.807) is 43.4 Å². The number of carbonyl (C=O) groups excluding carboxylic acids is 1. The smallest absolute Gasteiger partial charge is 0.189 e. The van der Waals surface area contributed by atoms with Gasteiger partial charge in [-0.2, -0.15) is 5.10 Å². The Balaban J connectivity index is 1.71. The molecule has 0 fully saturated rings. The van der Waals surface area contributed by atoms with E-state index in [4.69, 9.17) is 9.47 Å². The normalized spacial score (nSPS) is 11.6. The van der Waals surface area contributed by atoms with Crippen LogP contribution < -0.4 is 9.47 Å². The van der Waals surface area contributed by atoms with Crippen molar-refractivity contribution < 1.29 is 14.3 Å². The molecule has 5 heteroatoms. The number of aryl methyl sites for hydroxylation is 1. The van der Waals surface area contributed by atoms with Crippen molar-refractivity contribution >= 4 is 11.9 Å². The van der Waals surface area contributed by atoms with Crippen LogP contribution in [0.2, 0.25) is 0 Å². The lowest BCUT2D eigenvalue weighted by Gasteiger charge is -2.19. The van der Waals surface area contributed by atoms with Crippen molar-refractivity contribution in [2.75, 3.05) is 7.11 Å². The summed E-state index contributed by atoms with van der Waals surface area (Å²) in [5.41, 5.74) is 3.74. The molecular weight excluding hydrogens is 376 g/mol. The maximum absolute atomic E-state index is 12.3. The van der Waals surface area contributed by atoms with Crippen molar-refractivity contribution in [3.63, 3.8) is 0 Å². The number of aromatic nitrogens is 2. The summed E-state index contributed by atoms with van der Waals surface area (Å²) < 4.78 is 13.1. The number of rotatable bonds is 7. The summed E-state index contributed by atoms with van der Waals surface area (Å²) in [4.78, 5) is 12.3. The van der Waals surface area contributed by atoms with Gasteiger partial charge < -0.3 is 9.47 Å². The third-order valence-electron chi connectivity index (χ3n) is 4.84. The van der Waals surface area contributed by atoms with Crippen molar-refractivity contribution in [1.82, 2.24) is 9.78 Å². The highest BCUT2D eigenvalue weighted by Crippen LogP contribution is 2.26. The van der Waals surface area contributed by atoms with Crippen LogP contribution in [0.25, 0.3) is 6.08 Å². The number of carbonyl (C=O) groups is 1. The lowest BCUT2D eigenvalue weighted by atomic mass is 9.87. The van der Waals surface area contributed by atoms with E-state index in [1.807, 2.05) is 30.3 Å². The third-order valence-corrected chi connectivity index (χ3v) is 4.84. The molecule has 156 valence electrons. The minimum absolute atomic E-state index is 0.0874. The Morgan fingerprint density at radius 1 is 1.13 bits per heavy atom. The predicted octanol–water partition coefficient (Wildman–Crippen LogP) is 5.20. The molecule has 0 N–H and O–H groups in total. The fourth-order valence-electron chi connectivity index (χ4n) is 3.04. The molecule has 0 amide bonds. The fraction of sp³-hybridized carbons (Fsp3) is 0.280. The number of benzene rings is 2. The van der Waals surface area contributed by atoms with Gasteiger partial charge in [-0.3, -0.25) is 9.48 Å². The number of allylic oxidation sites excluding steroid dienone is 1. The van der Waals surface area contributed by atoms with E-state index in [-0.39, 0.29) is 11.2 Å². The SMILES string of the molecule is COc1ccc(/C=C/C(=O)c2cnn(C)c2)cc1COc1ccc(C(C)(C)C)cc1.